The maximum atomic E-state index is 13.5. The standard InChI is InChI=1S/C13H14BrFN2OS/c14-9-5-12-11(6-10(9)15)16-13(19)17(12)7-8-1-3-18-4-2-8/h5-6,8H,1-4,7H2,(H,16,19). The van der Waals surface area contributed by atoms with Gasteiger partial charge in [-0.25, -0.2) is 4.39 Å². The summed E-state index contributed by atoms with van der Waals surface area (Å²) in [6, 6.07) is 3.27. The zero-order chi connectivity index (χ0) is 13.4. The molecule has 6 heteroatoms. The number of fused-ring (bicyclic) bond motifs is 1. The van der Waals surface area contributed by atoms with Gasteiger partial charge in [0, 0.05) is 25.8 Å². The van der Waals surface area contributed by atoms with Gasteiger partial charge in [-0.05, 0) is 53.0 Å². The van der Waals surface area contributed by atoms with Gasteiger partial charge >= 0.3 is 0 Å². The van der Waals surface area contributed by atoms with Crippen LogP contribution in [0.3, 0.4) is 0 Å². The van der Waals surface area contributed by atoms with Gasteiger partial charge in [-0.2, -0.15) is 0 Å². The van der Waals surface area contributed by atoms with Crippen molar-refractivity contribution in [2.75, 3.05) is 13.2 Å². The molecule has 1 saturated heterocycles. The van der Waals surface area contributed by atoms with Gasteiger partial charge in [0.15, 0.2) is 4.77 Å². The Balaban J connectivity index is 2.00. The summed E-state index contributed by atoms with van der Waals surface area (Å²) in [7, 11) is 0. The van der Waals surface area contributed by atoms with Gasteiger partial charge in [0.1, 0.15) is 5.82 Å². The first-order chi connectivity index (χ1) is 9.15. The molecule has 1 aromatic carbocycles. The van der Waals surface area contributed by atoms with Crippen LogP contribution >= 0.6 is 28.1 Å². The number of nitrogens with zero attached hydrogens (tertiary/aromatic N) is 1. The molecule has 1 fully saturated rings. The average molecular weight is 345 g/mol. The molecule has 1 aliphatic heterocycles. The summed E-state index contributed by atoms with van der Waals surface area (Å²) in [4.78, 5) is 3.07. The zero-order valence-corrected chi connectivity index (χ0v) is 12.7. The summed E-state index contributed by atoms with van der Waals surface area (Å²) in [5.74, 6) is 0.297. The van der Waals surface area contributed by atoms with Crippen molar-refractivity contribution < 1.29 is 9.13 Å². The third-order valence-electron chi connectivity index (χ3n) is 3.60. The number of hydrogen-bond donors (Lipinski definition) is 1. The Bertz CT molecular complexity index is 660. The highest BCUT2D eigenvalue weighted by molar-refractivity contribution is 9.10. The summed E-state index contributed by atoms with van der Waals surface area (Å²) in [6.45, 7) is 2.50. The number of aromatic nitrogens is 2. The molecule has 0 atom stereocenters. The first kappa shape index (κ1) is 13.3. The summed E-state index contributed by atoms with van der Waals surface area (Å²) >= 11 is 8.58. The SMILES string of the molecule is Fc1cc2[nH]c(=S)n(CC3CCOCC3)c2cc1Br. The van der Waals surface area contributed by atoms with Crippen LogP contribution < -0.4 is 0 Å². The lowest BCUT2D eigenvalue weighted by Crippen LogP contribution is -2.20. The smallest absolute Gasteiger partial charge is 0.178 e. The molecule has 0 aliphatic carbocycles. The van der Waals surface area contributed by atoms with Gasteiger partial charge in [0.2, 0.25) is 0 Å². The number of nitrogens with one attached hydrogen (secondary N) is 1. The molecule has 1 N–H and O–H groups in total. The van der Waals surface area contributed by atoms with Crippen LogP contribution in [0.15, 0.2) is 16.6 Å². The molecule has 2 heterocycles. The molecule has 102 valence electrons. The topological polar surface area (TPSA) is 29.9 Å². The number of imidazole rings is 1. The maximum absolute atomic E-state index is 13.5. The molecule has 19 heavy (non-hydrogen) atoms. The van der Waals surface area contributed by atoms with Crippen molar-refractivity contribution >= 4 is 39.2 Å². The van der Waals surface area contributed by atoms with E-state index in [0.717, 1.165) is 43.6 Å². The van der Waals surface area contributed by atoms with Crippen LogP contribution in [-0.4, -0.2) is 22.8 Å². The number of aromatic amines is 1. The quantitative estimate of drug-likeness (QED) is 0.833. The van der Waals surface area contributed by atoms with Crippen molar-refractivity contribution in [2.45, 2.75) is 19.4 Å². The lowest BCUT2D eigenvalue weighted by Gasteiger charge is -2.22. The van der Waals surface area contributed by atoms with Gasteiger partial charge < -0.3 is 14.3 Å². The fourth-order valence-corrected chi connectivity index (χ4v) is 3.13. The summed E-state index contributed by atoms with van der Waals surface area (Å²) in [5, 5.41) is 0. The lowest BCUT2D eigenvalue weighted by atomic mass is 10.0. The number of benzene rings is 1. The molecule has 1 aromatic heterocycles. The molecule has 3 rings (SSSR count). The van der Waals surface area contributed by atoms with Crippen molar-refractivity contribution in [3.8, 4) is 0 Å². The van der Waals surface area contributed by atoms with Gasteiger partial charge in [-0.15, -0.1) is 0 Å². The number of H-pyrrole nitrogens is 1. The van der Waals surface area contributed by atoms with Crippen LogP contribution in [0.1, 0.15) is 12.8 Å². The zero-order valence-electron chi connectivity index (χ0n) is 10.3. The molecule has 0 saturated carbocycles. The third-order valence-corrected chi connectivity index (χ3v) is 4.53. The fraction of sp³-hybridized carbons (Fsp3) is 0.462. The van der Waals surface area contributed by atoms with E-state index in [0.29, 0.717) is 15.2 Å². The highest BCUT2D eigenvalue weighted by atomic mass is 79.9. The second kappa shape index (κ2) is 5.34. The van der Waals surface area contributed by atoms with Crippen molar-refractivity contribution in [1.29, 1.82) is 0 Å². The van der Waals surface area contributed by atoms with E-state index in [1.807, 2.05) is 0 Å². The van der Waals surface area contributed by atoms with E-state index < -0.39 is 0 Å². The Morgan fingerprint density at radius 1 is 1.42 bits per heavy atom. The largest absolute Gasteiger partial charge is 0.381 e. The summed E-state index contributed by atoms with van der Waals surface area (Å²) in [6.07, 6.45) is 2.10. The molecule has 0 unspecified atom stereocenters. The van der Waals surface area contributed by atoms with Crippen LogP contribution in [0.5, 0.6) is 0 Å². The van der Waals surface area contributed by atoms with Crippen molar-refractivity contribution in [2.24, 2.45) is 5.92 Å². The van der Waals surface area contributed by atoms with Crippen LogP contribution in [-0.2, 0) is 11.3 Å². The van der Waals surface area contributed by atoms with E-state index >= 15 is 0 Å². The first-order valence-electron chi connectivity index (χ1n) is 6.30. The van der Waals surface area contributed by atoms with E-state index in [-0.39, 0.29) is 5.82 Å². The minimum atomic E-state index is -0.276. The third kappa shape index (κ3) is 2.61. The van der Waals surface area contributed by atoms with E-state index in [9.17, 15) is 4.39 Å². The van der Waals surface area contributed by atoms with Gasteiger partial charge in [0.25, 0.3) is 0 Å². The second-order valence-electron chi connectivity index (χ2n) is 4.88. The number of rotatable bonds is 2. The first-order valence-corrected chi connectivity index (χ1v) is 7.50. The summed E-state index contributed by atoms with van der Waals surface area (Å²) < 4.78 is 22.1. The predicted molar refractivity (Wildman–Crippen MR) is 78.3 cm³/mol. The Morgan fingerprint density at radius 3 is 2.89 bits per heavy atom. The van der Waals surface area contributed by atoms with Crippen molar-refractivity contribution in [1.82, 2.24) is 9.55 Å². The molecular formula is C13H14BrFN2OS. The highest BCUT2D eigenvalue weighted by Gasteiger charge is 2.17. The van der Waals surface area contributed by atoms with E-state index in [1.165, 1.54) is 6.07 Å². The number of hydrogen-bond acceptors (Lipinski definition) is 2. The fourth-order valence-electron chi connectivity index (χ4n) is 2.52. The minimum Gasteiger partial charge on any atom is -0.381 e. The van der Waals surface area contributed by atoms with Gasteiger partial charge in [0.05, 0.1) is 15.5 Å². The predicted octanol–water partition coefficient (Wildman–Crippen LogP) is 4.03. The molecule has 2 aromatic rings. The van der Waals surface area contributed by atoms with Crippen molar-refractivity contribution in [3.63, 3.8) is 0 Å². The van der Waals surface area contributed by atoms with E-state index in [1.54, 1.807) is 6.07 Å². The van der Waals surface area contributed by atoms with Crippen molar-refractivity contribution in [3.05, 3.63) is 27.2 Å². The van der Waals surface area contributed by atoms with E-state index in [2.05, 4.69) is 25.5 Å². The number of ether oxygens (including phenoxy) is 1. The van der Waals surface area contributed by atoms with Crippen LogP contribution in [0.4, 0.5) is 4.39 Å². The van der Waals surface area contributed by atoms with Gasteiger partial charge in [-0.1, -0.05) is 0 Å². The van der Waals surface area contributed by atoms with Crippen LogP contribution in [0, 0.1) is 16.5 Å². The van der Waals surface area contributed by atoms with Gasteiger partial charge in [-0.3, -0.25) is 0 Å². The molecule has 0 amide bonds. The molecule has 0 spiro atoms. The Labute approximate surface area is 123 Å². The Kier molecular flexibility index (Phi) is 3.73. The number of halogens is 2. The minimum absolute atomic E-state index is 0.276. The van der Waals surface area contributed by atoms with Crippen LogP contribution in [0.2, 0.25) is 0 Å². The Hall–Kier alpha value is -0.720. The normalized spacial score (nSPS) is 17.2. The molecular weight excluding hydrogens is 331 g/mol. The highest BCUT2D eigenvalue weighted by Crippen LogP contribution is 2.25. The monoisotopic (exact) mass is 344 g/mol. The van der Waals surface area contributed by atoms with E-state index in [4.69, 9.17) is 17.0 Å². The lowest BCUT2D eigenvalue weighted by molar-refractivity contribution is 0.0615. The maximum Gasteiger partial charge on any atom is 0.178 e. The molecule has 3 nitrogen and oxygen atoms in total. The molecule has 0 bridgehead atoms. The molecule has 0 radical (unpaired) electrons. The molecule has 1 aliphatic rings. The second-order valence-corrected chi connectivity index (χ2v) is 6.12. The Morgan fingerprint density at radius 2 is 2.16 bits per heavy atom. The van der Waals surface area contributed by atoms with Crippen LogP contribution in [0.25, 0.3) is 11.0 Å². The average Bonchev–Trinajstić information content (AvgIpc) is 2.68. The summed E-state index contributed by atoms with van der Waals surface area (Å²) in [5.41, 5.74) is 1.70.